The zero-order valence-corrected chi connectivity index (χ0v) is 13.0. The number of thiophene rings is 1. The number of anilines is 1. The lowest BCUT2D eigenvalue weighted by molar-refractivity contribution is 0.561. The molecule has 0 amide bonds. The van der Waals surface area contributed by atoms with Crippen LogP contribution < -0.4 is 10.5 Å². The van der Waals surface area contributed by atoms with Crippen molar-refractivity contribution in [1.82, 2.24) is 9.71 Å². The van der Waals surface area contributed by atoms with E-state index in [0.29, 0.717) is 6.42 Å². The van der Waals surface area contributed by atoms with Crippen LogP contribution in [0.1, 0.15) is 16.7 Å². The summed E-state index contributed by atoms with van der Waals surface area (Å²) >= 11 is 1.67. The largest absolute Gasteiger partial charge is 0.383 e. The van der Waals surface area contributed by atoms with E-state index in [0.717, 1.165) is 4.88 Å². The van der Waals surface area contributed by atoms with Crippen molar-refractivity contribution in [3.8, 4) is 0 Å². The molecule has 2 heterocycles. The van der Waals surface area contributed by atoms with E-state index in [1.165, 1.54) is 17.1 Å². The van der Waals surface area contributed by atoms with Gasteiger partial charge in [0.25, 0.3) is 0 Å². The Morgan fingerprint density at radius 2 is 2.15 bits per heavy atom. The minimum Gasteiger partial charge on any atom is -0.383 e. The topological polar surface area (TPSA) is 85.1 Å². The zero-order valence-electron chi connectivity index (χ0n) is 11.3. The van der Waals surface area contributed by atoms with Gasteiger partial charge in [-0.1, -0.05) is 0 Å². The number of pyridine rings is 1. The molecule has 2 rings (SSSR count). The predicted molar refractivity (Wildman–Crippen MR) is 81.2 cm³/mol. The number of rotatable bonds is 5. The number of hydrogen-bond donors (Lipinski definition) is 2. The molecular weight excluding hydrogens is 294 g/mol. The Bertz CT molecular complexity index is 695. The standard InChI is InChI=1S/C13H17N3O2S2/c1-9(8-11-6-5-10(2)19-11)16-20(17,18)12-4-3-7-15-13(12)14/h3-7,9,16H,8H2,1-2H3,(H2,14,15). The molecule has 108 valence electrons. The highest BCUT2D eigenvalue weighted by atomic mass is 32.2. The molecule has 0 saturated heterocycles. The molecule has 0 aliphatic carbocycles. The molecule has 0 radical (unpaired) electrons. The minimum atomic E-state index is -3.64. The van der Waals surface area contributed by atoms with Gasteiger partial charge in [0, 0.05) is 22.0 Å². The van der Waals surface area contributed by atoms with Crippen molar-refractivity contribution < 1.29 is 8.42 Å². The number of aromatic nitrogens is 1. The molecule has 5 nitrogen and oxygen atoms in total. The molecule has 0 aliphatic heterocycles. The van der Waals surface area contributed by atoms with Crippen LogP contribution in [0.15, 0.2) is 35.4 Å². The number of nitrogens with zero attached hydrogens (tertiary/aromatic N) is 1. The molecule has 2 aromatic heterocycles. The van der Waals surface area contributed by atoms with E-state index in [1.807, 2.05) is 26.0 Å². The van der Waals surface area contributed by atoms with Gasteiger partial charge in [-0.25, -0.2) is 18.1 Å². The van der Waals surface area contributed by atoms with E-state index in [-0.39, 0.29) is 16.8 Å². The highest BCUT2D eigenvalue weighted by molar-refractivity contribution is 7.89. The molecule has 3 N–H and O–H groups in total. The number of nitrogens with two attached hydrogens (primary N) is 1. The third kappa shape index (κ3) is 3.56. The quantitative estimate of drug-likeness (QED) is 0.883. The summed E-state index contributed by atoms with van der Waals surface area (Å²) in [6.45, 7) is 3.86. The van der Waals surface area contributed by atoms with Crippen LogP contribution in [0.25, 0.3) is 0 Å². The van der Waals surface area contributed by atoms with Crippen LogP contribution in [0.4, 0.5) is 5.82 Å². The van der Waals surface area contributed by atoms with Gasteiger partial charge in [0.1, 0.15) is 10.7 Å². The van der Waals surface area contributed by atoms with Gasteiger partial charge in [0.15, 0.2) is 0 Å². The van der Waals surface area contributed by atoms with E-state index in [1.54, 1.807) is 17.4 Å². The Kier molecular flexibility index (Phi) is 4.42. The van der Waals surface area contributed by atoms with Crippen molar-refractivity contribution in [2.24, 2.45) is 0 Å². The maximum Gasteiger partial charge on any atom is 0.244 e. The van der Waals surface area contributed by atoms with Crippen molar-refractivity contribution in [3.63, 3.8) is 0 Å². The summed E-state index contributed by atoms with van der Waals surface area (Å²) in [4.78, 5) is 6.19. The van der Waals surface area contributed by atoms with Crippen LogP contribution in [-0.4, -0.2) is 19.4 Å². The first-order chi connectivity index (χ1) is 9.38. The van der Waals surface area contributed by atoms with Gasteiger partial charge < -0.3 is 5.73 Å². The molecule has 2 aromatic rings. The predicted octanol–water partition coefficient (Wildman–Crippen LogP) is 1.94. The first-order valence-electron chi connectivity index (χ1n) is 6.16. The van der Waals surface area contributed by atoms with Crippen LogP contribution in [0.5, 0.6) is 0 Å². The van der Waals surface area contributed by atoms with Gasteiger partial charge in [0.05, 0.1) is 0 Å². The summed E-state index contributed by atoms with van der Waals surface area (Å²) in [7, 11) is -3.64. The van der Waals surface area contributed by atoms with Gasteiger partial charge in [0.2, 0.25) is 10.0 Å². The van der Waals surface area contributed by atoms with Crippen LogP contribution in [0, 0.1) is 6.92 Å². The molecule has 1 atom stereocenters. The average Bonchev–Trinajstić information content (AvgIpc) is 2.74. The van der Waals surface area contributed by atoms with Gasteiger partial charge in [-0.2, -0.15) is 0 Å². The third-order valence-corrected chi connectivity index (χ3v) is 5.41. The molecule has 1 unspecified atom stereocenters. The SMILES string of the molecule is Cc1ccc(CC(C)NS(=O)(=O)c2cccnc2N)s1. The lowest BCUT2D eigenvalue weighted by Gasteiger charge is -2.14. The van der Waals surface area contributed by atoms with Gasteiger partial charge in [-0.05, 0) is 44.5 Å². The number of nitrogen functional groups attached to an aromatic ring is 1. The Labute approximate surface area is 122 Å². The first kappa shape index (κ1) is 15.0. The molecule has 0 aliphatic rings. The van der Waals surface area contributed by atoms with Crippen molar-refractivity contribution in [1.29, 1.82) is 0 Å². The number of hydrogen-bond acceptors (Lipinski definition) is 5. The Balaban J connectivity index is 2.10. The second kappa shape index (κ2) is 5.90. The maximum atomic E-state index is 12.2. The van der Waals surface area contributed by atoms with E-state index >= 15 is 0 Å². The van der Waals surface area contributed by atoms with E-state index in [2.05, 4.69) is 9.71 Å². The van der Waals surface area contributed by atoms with Crippen LogP contribution in [0.3, 0.4) is 0 Å². The Hall–Kier alpha value is -1.44. The van der Waals surface area contributed by atoms with Crippen molar-refractivity contribution in [3.05, 3.63) is 40.2 Å². The fourth-order valence-electron chi connectivity index (χ4n) is 1.90. The molecule has 7 heteroatoms. The highest BCUT2D eigenvalue weighted by Crippen LogP contribution is 2.19. The van der Waals surface area contributed by atoms with Gasteiger partial charge >= 0.3 is 0 Å². The zero-order chi connectivity index (χ0) is 14.8. The molecule has 0 aromatic carbocycles. The van der Waals surface area contributed by atoms with E-state index in [9.17, 15) is 8.42 Å². The minimum absolute atomic E-state index is 0.0131. The van der Waals surface area contributed by atoms with Gasteiger partial charge in [-0.15, -0.1) is 11.3 Å². The fourth-order valence-corrected chi connectivity index (χ4v) is 4.24. The molecule has 0 saturated carbocycles. The van der Waals surface area contributed by atoms with Crippen molar-refractivity contribution in [2.75, 3.05) is 5.73 Å². The number of nitrogens with one attached hydrogen (secondary N) is 1. The third-order valence-electron chi connectivity index (χ3n) is 2.75. The average molecular weight is 311 g/mol. The molecule has 0 spiro atoms. The second-order valence-electron chi connectivity index (χ2n) is 4.63. The highest BCUT2D eigenvalue weighted by Gasteiger charge is 2.20. The van der Waals surface area contributed by atoms with E-state index in [4.69, 9.17) is 5.73 Å². The van der Waals surface area contributed by atoms with Crippen molar-refractivity contribution in [2.45, 2.75) is 31.2 Å². The summed E-state index contributed by atoms with van der Waals surface area (Å²) in [6, 6.07) is 6.84. The monoisotopic (exact) mass is 311 g/mol. The van der Waals surface area contributed by atoms with Crippen LogP contribution in [-0.2, 0) is 16.4 Å². The number of aryl methyl sites for hydroxylation is 1. The lowest BCUT2D eigenvalue weighted by atomic mass is 10.2. The summed E-state index contributed by atoms with van der Waals surface area (Å²) in [6.07, 6.45) is 2.12. The first-order valence-corrected chi connectivity index (χ1v) is 8.46. The van der Waals surface area contributed by atoms with Crippen LogP contribution in [0.2, 0.25) is 0 Å². The number of sulfonamides is 1. The fraction of sp³-hybridized carbons (Fsp3) is 0.308. The smallest absolute Gasteiger partial charge is 0.244 e. The maximum absolute atomic E-state index is 12.2. The van der Waals surface area contributed by atoms with Gasteiger partial charge in [-0.3, -0.25) is 0 Å². The van der Waals surface area contributed by atoms with E-state index < -0.39 is 10.0 Å². The molecular formula is C13H17N3O2S2. The normalized spacial score (nSPS) is 13.3. The summed E-state index contributed by atoms with van der Waals surface area (Å²) in [5.74, 6) is 0.0131. The Morgan fingerprint density at radius 1 is 1.40 bits per heavy atom. The summed E-state index contributed by atoms with van der Waals surface area (Å²) in [5.41, 5.74) is 5.61. The van der Waals surface area contributed by atoms with Crippen molar-refractivity contribution >= 4 is 27.2 Å². The lowest BCUT2D eigenvalue weighted by Crippen LogP contribution is -2.34. The summed E-state index contributed by atoms with van der Waals surface area (Å²) < 4.78 is 27.1. The second-order valence-corrected chi connectivity index (χ2v) is 7.68. The molecule has 0 fully saturated rings. The Morgan fingerprint density at radius 3 is 2.75 bits per heavy atom. The molecule has 20 heavy (non-hydrogen) atoms. The molecule has 0 bridgehead atoms. The van der Waals surface area contributed by atoms with Crippen LogP contribution >= 0.6 is 11.3 Å². The summed E-state index contributed by atoms with van der Waals surface area (Å²) in [5, 5.41) is 0.